The van der Waals surface area contributed by atoms with Gasteiger partial charge in [-0.05, 0) is 103 Å². The first kappa shape index (κ1) is 38.9. The first-order chi connectivity index (χ1) is 18.8. The number of nitrogens with zero attached hydrogens (tertiary/aromatic N) is 2. The number of alkyl carbamates (subject to hydrolysis) is 2. The molecular weight excluding hydrogens is 548 g/mol. The maximum Gasteiger partial charge on any atom is 0.417 e. The van der Waals surface area contributed by atoms with Gasteiger partial charge < -0.3 is 29.0 Å². The van der Waals surface area contributed by atoms with Gasteiger partial charge in [0.1, 0.15) is 28.4 Å². The van der Waals surface area contributed by atoms with E-state index in [-0.39, 0.29) is 38.2 Å². The average Bonchev–Trinajstić information content (AvgIpc) is 2.70. The molecule has 0 bridgehead atoms. The van der Waals surface area contributed by atoms with Gasteiger partial charge in [0.15, 0.2) is 0 Å². The predicted molar refractivity (Wildman–Crippen MR) is 159 cm³/mol. The number of aliphatic imine (C=N–C) groups is 1. The number of rotatable bonds is 9. The molecule has 0 aliphatic carbocycles. The Morgan fingerprint density at radius 2 is 1.19 bits per heavy atom. The van der Waals surface area contributed by atoms with E-state index >= 15 is 0 Å². The second kappa shape index (κ2) is 15.9. The number of hydrogen-bond donors (Lipinski definition) is 2. The maximum atomic E-state index is 13.2. The van der Waals surface area contributed by atoms with Gasteiger partial charge in [-0.2, -0.15) is 0 Å². The van der Waals surface area contributed by atoms with E-state index in [4.69, 9.17) is 23.7 Å². The van der Waals surface area contributed by atoms with Crippen molar-refractivity contribution < 1.29 is 42.9 Å². The Morgan fingerprint density at radius 3 is 1.64 bits per heavy atom. The molecule has 2 N–H and O–H groups in total. The number of ether oxygens (including phenoxy) is 5. The van der Waals surface area contributed by atoms with E-state index in [1.165, 1.54) is 0 Å². The van der Waals surface area contributed by atoms with Gasteiger partial charge in [-0.15, -0.1) is 0 Å². The molecule has 0 spiro atoms. The summed E-state index contributed by atoms with van der Waals surface area (Å²) in [6, 6.07) is -1.13. The molecule has 0 saturated carbocycles. The zero-order valence-electron chi connectivity index (χ0n) is 28.1. The molecule has 0 radical (unpaired) electrons. The van der Waals surface area contributed by atoms with Crippen LogP contribution in [0.4, 0.5) is 14.4 Å². The van der Waals surface area contributed by atoms with Crippen molar-refractivity contribution >= 4 is 30.2 Å². The van der Waals surface area contributed by atoms with E-state index in [0.717, 1.165) is 4.90 Å². The number of guanidine groups is 1. The second-order valence-electron chi connectivity index (χ2n) is 13.9. The Labute approximate surface area is 251 Å². The molecule has 1 atom stereocenters. The molecule has 244 valence electrons. The van der Waals surface area contributed by atoms with Gasteiger partial charge in [0.05, 0.1) is 19.3 Å². The molecule has 3 amide bonds. The van der Waals surface area contributed by atoms with Gasteiger partial charge in [0.2, 0.25) is 5.96 Å². The number of amides is 3. The zero-order chi connectivity index (χ0) is 33.1. The minimum absolute atomic E-state index is 0.00657. The normalized spacial score (nSPS) is 13.6. The summed E-state index contributed by atoms with van der Waals surface area (Å²) in [5, 5.41) is 5.05. The number of esters is 1. The van der Waals surface area contributed by atoms with E-state index in [1.807, 2.05) is 13.8 Å². The molecule has 0 aromatic heterocycles. The monoisotopic (exact) mass is 602 g/mol. The summed E-state index contributed by atoms with van der Waals surface area (Å²) < 4.78 is 27.3. The van der Waals surface area contributed by atoms with Gasteiger partial charge in [-0.25, -0.2) is 24.1 Å². The average molecular weight is 603 g/mol. The van der Waals surface area contributed by atoms with Crippen molar-refractivity contribution in [1.82, 2.24) is 15.5 Å². The third-order valence-electron chi connectivity index (χ3n) is 4.31. The lowest BCUT2D eigenvalue weighted by Crippen LogP contribution is -2.51. The Kier molecular flexibility index (Phi) is 14.8. The topological polar surface area (TPSA) is 154 Å². The molecule has 0 unspecified atom stereocenters. The lowest BCUT2D eigenvalue weighted by molar-refractivity contribution is -0.157. The summed E-state index contributed by atoms with van der Waals surface area (Å²) in [4.78, 5) is 56.9. The predicted octanol–water partition coefficient (Wildman–Crippen LogP) is 5.15. The summed E-state index contributed by atoms with van der Waals surface area (Å²) in [5.74, 6) is -0.870. The lowest BCUT2D eigenvalue weighted by atomic mass is 10.1. The van der Waals surface area contributed by atoms with Crippen LogP contribution in [0.1, 0.15) is 103 Å². The molecular formula is C29H54N4O9. The highest BCUT2D eigenvalue weighted by molar-refractivity contribution is 6.01. The smallest absolute Gasteiger partial charge is 0.417 e. The number of hydrogen-bond acceptors (Lipinski definition) is 10. The van der Waals surface area contributed by atoms with Crippen LogP contribution >= 0.6 is 0 Å². The van der Waals surface area contributed by atoms with Crippen LogP contribution in [0.15, 0.2) is 4.99 Å². The molecule has 42 heavy (non-hydrogen) atoms. The van der Waals surface area contributed by atoms with E-state index in [0.29, 0.717) is 0 Å². The van der Waals surface area contributed by atoms with Crippen molar-refractivity contribution in [3.63, 3.8) is 0 Å². The Bertz CT molecular complexity index is 937. The standard InChI is InChI=1S/C29H54N4O9/c1-19(2)38-18-17-33(25(37)42-29(12,13)14)22(32-24(36)41-28(9,10)11)30-16-15-20(21(34)39-26(3,4)5)31-23(35)40-27(6,7)8/h19-20H,15-18H2,1-14H3,(H,31,35)(H,30,32,36)/t20-/m0/s1. The van der Waals surface area contributed by atoms with Crippen LogP contribution in [0, 0.1) is 0 Å². The fourth-order valence-corrected chi connectivity index (χ4v) is 2.94. The molecule has 0 heterocycles. The van der Waals surface area contributed by atoms with Crippen LogP contribution < -0.4 is 10.6 Å². The molecule has 0 aliphatic heterocycles. The fourth-order valence-electron chi connectivity index (χ4n) is 2.94. The van der Waals surface area contributed by atoms with Crippen molar-refractivity contribution in [3.8, 4) is 0 Å². The Hall–Kier alpha value is -3.09. The molecule has 0 aliphatic rings. The summed E-state index contributed by atoms with van der Waals surface area (Å²) in [5.41, 5.74) is -3.28. The van der Waals surface area contributed by atoms with Gasteiger partial charge in [0, 0.05) is 6.54 Å². The molecule has 0 fully saturated rings. The third kappa shape index (κ3) is 19.9. The van der Waals surface area contributed by atoms with E-state index in [2.05, 4.69) is 15.6 Å². The number of nitrogens with one attached hydrogen (secondary N) is 2. The quantitative estimate of drug-likeness (QED) is 0.158. The minimum Gasteiger partial charge on any atom is -0.458 e. The zero-order valence-corrected chi connectivity index (χ0v) is 28.1. The molecule has 13 heteroatoms. The molecule has 0 rings (SSSR count). The molecule has 0 saturated heterocycles. The van der Waals surface area contributed by atoms with Crippen LogP contribution in [-0.2, 0) is 28.5 Å². The van der Waals surface area contributed by atoms with Crippen LogP contribution in [0.3, 0.4) is 0 Å². The van der Waals surface area contributed by atoms with E-state index < -0.39 is 52.7 Å². The van der Waals surface area contributed by atoms with Crippen molar-refractivity contribution in [2.24, 2.45) is 4.99 Å². The van der Waals surface area contributed by atoms with Crippen molar-refractivity contribution in [1.29, 1.82) is 0 Å². The number of carbonyl (C=O) groups excluding carboxylic acids is 4. The Balaban J connectivity index is 6.31. The Morgan fingerprint density at radius 1 is 0.714 bits per heavy atom. The first-order valence-electron chi connectivity index (χ1n) is 14.2. The van der Waals surface area contributed by atoms with Crippen LogP contribution in [0.25, 0.3) is 0 Å². The number of carbonyl (C=O) groups is 4. The fraction of sp³-hybridized carbons (Fsp3) is 0.828. The summed E-state index contributed by atoms with van der Waals surface area (Å²) in [6.45, 7) is 24.1. The maximum absolute atomic E-state index is 13.2. The summed E-state index contributed by atoms with van der Waals surface area (Å²) in [7, 11) is 0. The summed E-state index contributed by atoms with van der Waals surface area (Å²) in [6.07, 6.45) is -2.59. The molecule has 0 aromatic rings. The van der Waals surface area contributed by atoms with Crippen LogP contribution in [0.5, 0.6) is 0 Å². The second-order valence-corrected chi connectivity index (χ2v) is 13.9. The first-order valence-corrected chi connectivity index (χ1v) is 14.2. The van der Waals surface area contributed by atoms with E-state index in [1.54, 1.807) is 83.1 Å². The van der Waals surface area contributed by atoms with Gasteiger partial charge >= 0.3 is 24.2 Å². The minimum atomic E-state index is -1.13. The van der Waals surface area contributed by atoms with E-state index in [9.17, 15) is 19.2 Å². The molecule has 0 aromatic carbocycles. The summed E-state index contributed by atoms with van der Waals surface area (Å²) >= 11 is 0. The third-order valence-corrected chi connectivity index (χ3v) is 4.31. The van der Waals surface area contributed by atoms with Gasteiger partial charge in [-0.3, -0.25) is 10.3 Å². The largest absolute Gasteiger partial charge is 0.458 e. The molecule has 13 nitrogen and oxygen atoms in total. The van der Waals surface area contributed by atoms with Gasteiger partial charge in [0.25, 0.3) is 0 Å². The van der Waals surface area contributed by atoms with Crippen LogP contribution in [0.2, 0.25) is 0 Å². The van der Waals surface area contributed by atoms with Crippen molar-refractivity contribution in [2.45, 2.75) is 138 Å². The van der Waals surface area contributed by atoms with Gasteiger partial charge in [-0.1, -0.05) is 0 Å². The van der Waals surface area contributed by atoms with Crippen LogP contribution in [-0.4, -0.2) is 89.4 Å². The SMILES string of the molecule is CC(C)OCCN(C(=O)OC(C)(C)C)C(=NCC[C@H](NC(=O)OC(C)(C)C)C(=O)OC(C)(C)C)NC(=O)OC(C)(C)C. The van der Waals surface area contributed by atoms with Crippen molar-refractivity contribution in [2.75, 3.05) is 19.7 Å². The highest BCUT2D eigenvalue weighted by Gasteiger charge is 2.31. The van der Waals surface area contributed by atoms with Crippen molar-refractivity contribution in [3.05, 3.63) is 0 Å². The lowest BCUT2D eigenvalue weighted by Gasteiger charge is -2.29. The highest BCUT2D eigenvalue weighted by atomic mass is 16.6. The highest BCUT2D eigenvalue weighted by Crippen LogP contribution is 2.14.